The zero-order valence-corrected chi connectivity index (χ0v) is 11.4. The molecule has 0 unspecified atom stereocenters. The van der Waals surface area contributed by atoms with Crippen molar-refractivity contribution in [3.05, 3.63) is 47.4 Å². The lowest BCUT2D eigenvalue weighted by molar-refractivity contribution is 0.334. The van der Waals surface area contributed by atoms with Gasteiger partial charge in [-0.3, -0.25) is 0 Å². The molecule has 19 heavy (non-hydrogen) atoms. The molecule has 0 atom stereocenters. The lowest BCUT2D eigenvalue weighted by Crippen LogP contribution is -2.35. The van der Waals surface area contributed by atoms with Gasteiger partial charge < -0.3 is 9.84 Å². The van der Waals surface area contributed by atoms with Crippen molar-refractivity contribution in [1.29, 1.82) is 0 Å². The zero-order valence-electron chi connectivity index (χ0n) is 11.4. The first-order valence-corrected chi connectivity index (χ1v) is 6.23. The molecular formula is C14H18FN3O. The predicted molar refractivity (Wildman–Crippen MR) is 70.1 cm³/mol. The number of benzene rings is 1. The number of rotatable bonds is 4. The summed E-state index contributed by atoms with van der Waals surface area (Å²) in [6, 6.07) is 6.30. The number of halogens is 1. The van der Waals surface area contributed by atoms with Gasteiger partial charge in [0.25, 0.3) is 0 Å². The minimum absolute atomic E-state index is 0.00555. The second kappa shape index (κ2) is 5.48. The van der Waals surface area contributed by atoms with Gasteiger partial charge in [0.2, 0.25) is 5.89 Å². The Bertz CT molecular complexity index is 528. The molecular weight excluding hydrogens is 245 g/mol. The Morgan fingerprint density at radius 2 is 1.89 bits per heavy atom. The van der Waals surface area contributed by atoms with Crippen LogP contribution in [0.3, 0.4) is 0 Å². The van der Waals surface area contributed by atoms with Crippen LogP contribution in [0.1, 0.15) is 38.0 Å². The number of aromatic nitrogens is 2. The highest BCUT2D eigenvalue weighted by molar-refractivity contribution is 5.19. The van der Waals surface area contributed by atoms with Crippen LogP contribution >= 0.6 is 0 Å². The molecule has 5 heteroatoms. The normalized spacial score (nSPS) is 11.8. The highest BCUT2D eigenvalue weighted by Crippen LogP contribution is 2.09. The van der Waals surface area contributed by atoms with Gasteiger partial charge in [0, 0.05) is 12.0 Å². The SMILES string of the molecule is CC(C)(C)NCc1nc(Cc2ccc(F)cc2)no1. The summed E-state index contributed by atoms with van der Waals surface area (Å²) in [4.78, 5) is 4.30. The highest BCUT2D eigenvalue weighted by atomic mass is 19.1. The Labute approximate surface area is 112 Å². The minimum Gasteiger partial charge on any atom is -0.338 e. The van der Waals surface area contributed by atoms with Gasteiger partial charge in [-0.15, -0.1) is 0 Å². The lowest BCUT2D eigenvalue weighted by Gasteiger charge is -2.18. The molecule has 0 saturated heterocycles. The summed E-state index contributed by atoms with van der Waals surface area (Å²) in [6.45, 7) is 6.76. The number of hydrogen-bond donors (Lipinski definition) is 1. The van der Waals surface area contributed by atoms with Crippen molar-refractivity contribution >= 4 is 0 Å². The Kier molecular flexibility index (Phi) is 3.95. The molecule has 4 nitrogen and oxygen atoms in total. The van der Waals surface area contributed by atoms with Crippen molar-refractivity contribution in [2.45, 2.75) is 39.3 Å². The molecule has 1 heterocycles. The van der Waals surface area contributed by atoms with E-state index in [0.29, 0.717) is 24.7 Å². The molecule has 0 radical (unpaired) electrons. The molecule has 0 spiro atoms. The third kappa shape index (κ3) is 4.44. The molecule has 0 saturated carbocycles. The number of nitrogens with zero attached hydrogens (tertiary/aromatic N) is 2. The van der Waals surface area contributed by atoms with Gasteiger partial charge in [0.15, 0.2) is 5.82 Å². The smallest absolute Gasteiger partial charge is 0.240 e. The van der Waals surface area contributed by atoms with Crippen LogP contribution in [0.25, 0.3) is 0 Å². The van der Waals surface area contributed by atoms with Gasteiger partial charge in [-0.05, 0) is 38.5 Å². The monoisotopic (exact) mass is 263 g/mol. The van der Waals surface area contributed by atoms with Gasteiger partial charge in [-0.25, -0.2) is 4.39 Å². The van der Waals surface area contributed by atoms with Crippen LogP contribution in [0.4, 0.5) is 4.39 Å². The highest BCUT2D eigenvalue weighted by Gasteiger charge is 2.12. The van der Waals surface area contributed by atoms with Crippen molar-refractivity contribution < 1.29 is 8.91 Å². The zero-order chi connectivity index (χ0) is 13.9. The van der Waals surface area contributed by atoms with Crippen LogP contribution in [0.2, 0.25) is 0 Å². The molecule has 1 aromatic carbocycles. The predicted octanol–water partition coefficient (Wildman–Crippen LogP) is 2.69. The van der Waals surface area contributed by atoms with E-state index < -0.39 is 0 Å². The van der Waals surface area contributed by atoms with Gasteiger partial charge >= 0.3 is 0 Å². The van der Waals surface area contributed by atoms with Crippen molar-refractivity contribution in [1.82, 2.24) is 15.5 Å². The Balaban J connectivity index is 1.95. The Morgan fingerprint density at radius 1 is 1.21 bits per heavy atom. The first-order chi connectivity index (χ1) is 8.92. The third-order valence-corrected chi connectivity index (χ3v) is 2.56. The minimum atomic E-state index is -0.244. The number of hydrogen-bond acceptors (Lipinski definition) is 4. The maximum atomic E-state index is 12.8. The molecule has 102 valence electrons. The molecule has 0 aliphatic carbocycles. The van der Waals surface area contributed by atoms with Crippen LogP contribution in [-0.4, -0.2) is 15.7 Å². The molecule has 1 N–H and O–H groups in total. The first kappa shape index (κ1) is 13.7. The summed E-state index contributed by atoms with van der Waals surface area (Å²) in [5.74, 6) is 0.927. The molecule has 0 aliphatic rings. The lowest BCUT2D eigenvalue weighted by atomic mass is 10.1. The van der Waals surface area contributed by atoms with E-state index in [0.717, 1.165) is 5.56 Å². The van der Waals surface area contributed by atoms with Crippen LogP contribution in [0, 0.1) is 5.82 Å². The molecule has 2 rings (SSSR count). The molecule has 2 aromatic rings. The second-order valence-electron chi connectivity index (χ2n) is 5.51. The van der Waals surface area contributed by atoms with Crippen molar-refractivity contribution in [3.8, 4) is 0 Å². The average molecular weight is 263 g/mol. The van der Waals surface area contributed by atoms with Crippen molar-refractivity contribution in [3.63, 3.8) is 0 Å². The van der Waals surface area contributed by atoms with E-state index in [2.05, 4.69) is 36.2 Å². The van der Waals surface area contributed by atoms with E-state index >= 15 is 0 Å². The number of nitrogens with one attached hydrogen (secondary N) is 1. The summed E-state index contributed by atoms with van der Waals surface area (Å²) in [7, 11) is 0. The maximum Gasteiger partial charge on any atom is 0.240 e. The first-order valence-electron chi connectivity index (χ1n) is 6.23. The fraction of sp³-hybridized carbons (Fsp3) is 0.429. The Morgan fingerprint density at radius 3 is 2.53 bits per heavy atom. The fourth-order valence-electron chi connectivity index (χ4n) is 1.56. The molecule has 1 aromatic heterocycles. The van der Waals surface area contributed by atoms with E-state index in [1.54, 1.807) is 12.1 Å². The van der Waals surface area contributed by atoms with Gasteiger partial charge in [0.05, 0.1) is 6.54 Å². The van der Waals surface area contributed by atoms with E-state index in [-0.39, 0.29) is 11.4 Å². The van der Waals surface area contributed by atoms with E-state index in [4.69, 9.17) is 4.52 Å². The molecule has 0 bridgehead atoms. The summed E-state index contributed by atoms with van der Waals surface area (Å²) >= 11 is 0. The van der Waals surface area contributed by atoms with Crippen molar-refractivity contribution in [2.24, 2.45) is 0 Å². The molecule has 0 fully saturated rings. The topological polar surface area (TPSA) is 51.0 Å². The largest absolute Gasteiger partial charge is 0.338 e. The van der Waals surface area contributed by atoms with Crippen LogP contribution in [0.5, 0.6) is 0 Å². The average Bonchev–Trinajstić information content (AvgIpc) is 2.77. The fourth-order valence-corrected chi connectivity index (χ4v) is 1.56. The summed E-state index contributed by atoms with van der Waals surface area (Å²) in [5.41, 5.74) is 0.962. The Hall–Kier alpha value is -1.75. The second-order valence-corrected chi connectivity index (χ2v) is 5.51. The van der Waals surface area contributed by atoms with Crippen LogP contribution in [0.15, 0.2) is 28.8 Å². The van der Waals surface area contributed by atoms with Gasteiger partial charge in [0.1, 0.15) is 5.82 Å². The molecule has 0 aliphatic heterocycles. The summed E-state index contributed by atoms with van der Waals surface area (Å²) < 4.78 is 17.9. The van der Waals surface area contributed by atoms with E-state index in [9.17, 15) is 4.39 Å². The summed E-state index contributed by atoms with van der Waals surface area (Å²) in [6.07, 6.45) is 0.541. The summed E-state index contributed by atoms with van der Waals surface area (Å²) in [5, 5.41) is 7.19. The van der Waals surface area contributed by atoms with Crippen molar-refractivity contribution in [2.75, 3.05) is 0 Å². The maximum absolute atomic E-state index is 12.8. The van der Waals surface area contributed by atoms with Gasteiger partial charge in [-0.1, -0.05) is 17.3 Å². The van der Waals surface area contributed by atoms with E-state index in [1.165, 1.54) is 12.1 Å². The van der Waals surface area contributed by atoms with E-state index in [1.807, 2.05) is 0 Å². The van der Waals surface area contributed by atoms with Gasteiger partial charge in [-0.2, -0.15) is 4.98 Å². The standard InChI is InChI=1S/C14H18FN3O/c1-14(2,3)16-9-13-17-12(18-19-13)8-10-4-6-11(15)7-5-10/h4-7,16H,8-9H2,1-3H3. The van der Waals surface area contributed by atoms with Crippen LogP contribution in [-0.2, 0) is 13.0 Å². The van der Waals surface area contributed by atoms with Crippen LogP contribution < -0.4 is 5.32 Å². The molecule has 0 amide bonds. The quantitative estimate of drug-likeness (QED) is 0.921. The third-order valence-electron chi connectivity index (χ3n) is 2.56.